The number of rotatable bonds is 4. The maximum absolute atomic E-state index is 12.0. The molecule has 3 nitrogen and oxygen atoms in total. The van der Waals surface area contributed by atoms with Gasteiger partial charge in [0.05, 0.1) is 12.0 Å². The summed E-state index contributed by atoms with van der Waals surface area (Å²) in [4.78, 5) is 12.5. The van der Waals surface area contributed by atoms with Crippen LogP contribution in [-0.4, -0.2) is 29.5 Å². The highest BCUT2D eigenvalue weighted by Crippen LogP contribution is 2.38. The van der Waals surface area contributed by atoms with Gasteiger partial charge in [0, 0.05) is 18.0 Å². The molecular weight excluding hydrogens is 282 g/mol. The first-order valence-corrected chi connectivity index (χ1v) is 7.55. The second-order valence-corrected chi connectivity index (χ2v) is 6.57. The van der Waals surface area contributed by atoms with Crippen LogP contribution in [0.4, 0.5) is 0 Å². The summed E-state index contributed by atoms with van der Waals surface area (Å²) in [6.07, 6.45) is 8.53. The van der Waals surface area contributed by atoms with Gasteiger partial charge in [0.1, 0.15) is 0 Å². The lowest BCUT2D eigenvalue weighted by molar-refractivity contribution is -0.135. The fourth-order valence-corrected chi connectivity index (χ4v) is 3.54. The van der Waals surface area contributed by atoms with Gasteiger partial charge >= 0.3 is 0 Å². The molecule has 1 N–H and O–H groups in total. The molecule has 0 aromatic heterocycles. The summed E-state index contributed by atoms with van der Waals surface area (Å²) in [5.74, 6) is 0.155. The second-order valence-electron chi connectivity index (χ2n) is 5.39. The van der Waals surface area contributed by atoms with E-state index in [0.717, 1.165) is 19.3 Å². The maximum atomic E-state index is 12.0. The average Bonchev–Trinajstić information content (AvgIpc) is 2.27. The van der Waals surface area contributed by atoms with Crippen molar-refractivity contribution < 1.29 is 9.53 Å². The first kappa shape index (κ1) is 13.3. The van der Waals surface area contributed by atoms with E-state index in [0.29, 0.717) is 17.3 Å². The van der Waals surface area contributed by atoms with Gasteiger partial charge in [0.25, 0.3) is 0 Å². The summed E-state index contributed by atoms with van der Waals surface area (Å²) in [5.41, 5.74) is -0.152. The van der Waals surface area contributed by atoms with Crippen LogP contribution in [0.5, 0.6) is 0 Å². The molecule has 0 radical (unpaired) electrons. The Balaban J connectivity index is 1.80. The topological polar surface area (TPSA) is 38.3 Å². The van der Waals surface area contributed by atoms with E-state index in [2.05, 4.69) is 21.2 Å². The predicted molar refractivity (Wildman–Crippen MR) is 71.3 cm³/mol. The molecule has 2 rings (SSSR count). The summed E-state index contributed by atoms with van der Waals surface area (Å²) in [5, 5.41) is 3.16. The molecule has 2 atom stereocenters. The van der Waals surface area contributed by atoms with E-state index in [9.17, 15) is 4.79 Å². The molecule has 2 fully saturated rings. The van der Waals surface area contributed by atoms with Crippen molar-refractivity contribution in [2.75, 3.05) is 7.11 Å². The monoisotopic (exact) mass is 303 g/mol. The van der Waals surface area contributed by atoms with E-state index in [4.69, 9.17) is 4.74 Å². The number of nitrogens with one attached hydrogen (secondary N) is 1. The molecule has 98 valence electrons. The molecule has 0 aromatic rings. The Morgan fingerprint density at radius 3 is 2.59 bits per heavy atom. The smallest absolute Gasteiger partial charge is 0.223 e. The van der Waals surface area contributed by atoms with E-state index >= 15 is 0 Å². The molecule has 2 aliphatic rings. The number of carbonyl (C=O) groups is 1. The Hall–Kier alpha value is -0.0900. The quantitative estimate of drug-likeness (QED) is 0.811. The Kier molecular flexibility index (Phi) is 4.47. The zero-order valence-electron chi connectivity index (χ0n) is 10.5. The highest BCUT2D eigenvalue weighted by Gasteiger charge is 2.39. The third-order valence-electron chi connectivity index (χ3n) is 4.21. The first-order chi connectivity index (χ1) is 8.15. The SMILES string of the molecule is COC1(CC(=O)NC2CCCCC2Br)CCC1. The van der Waals surface area contributed by atoms with Crippen LogP contribution >= 0.6 is 15.9 Å². The molecule has 0 spiro atoms. The lowest BCUT2D eigenvalue weighted by Gasteiger charge is -2.40. The van der Waals surface area contributed by atoms with Crippen LogP contribution in [-0.2, 0) is 9.53 Å². The van der Waals surface area contributed by atoms with Crippen molar-refractivity contribution in [2.24, 2.45) is 0 Å². The van der Waals surface area contributed by atoms with Crippen LogP contribution in [0.1, 0.15) is 51.4 Å². The van der Waals surface area contributed by atoms with Crippen molar-refractivity contribution in [3.63, 3.8) is 0 Å². The van der Waals surface area contributed by atoms with Crippen LogP contribution < -0.4 is 5.32 Å². The van der Waals surface area contributed by atoms with E-state index < -0.39 is 0 Å². The van der Waals surface area contributed by atoms with Gasteiger partial charge in [-0.15, -0.1) is 0 Å². The van der Waals surface area contributed by atoms with Gasteiger partial charge in [-0.2, -0.15) is 0 Å². The van der Waals surface area contributed by atoms with Crippen molar-refractivity contribution in [2.45, 2.75) is 67.8 Å². The minimum atomic E-state index is -0.152. The summed E-state index contributed by atoms with van der Waals surface area (Å²) in [6, 6.07) is 0.310. The molecule has 4 heteroatoms. The van der Waals surface area contributed by atoms with Crippen molar-refractivity contribution >= 4 is 21.8 Å². The van der Waals surface area contributed by atoms with Gasteiger partial charge in [-0.1, -0.05) is 28.8 Å². The molecule has 0 aliphatic heterocycles. The van der Waals surface area contributed by atoms with E-state index in [1.807, 2.05) is 0 Å². The Morgan fingerprint density at radius 2 is 2.06 bits per heavy atom. The number of halogens is 1. The van der Waals surface area contributed by atoms with Gasteiger partial charge in [0.15, 0.2) is 0 Å². The molecular formula is C13H22BrNO2. The average molecular weight is 304 g/mol. The normalized spacial score (nSPS) is 31.6. The van der Waals surface area contributed by atoms with Crippen LogP contribution in [0, 0.1) is 0 Å². The number of ether oxygens (including phenoxy) is 1. The van der Waals surface area contributed by atoms with Gasteiger partial charge in [-0.25, -0.2) is 0 Å². The van der Waals surface area contributed by atoms with Gasteiger partial charge in [-0.05, 0) is 32.1 Å². The second kappa shape index (κ2) is 5.70. The fraction of sp³-hybridized carbons (Fsp3) is 0.923. The van der Waals surface area contributed by atoms with Crippen molar-refractivity contribution in [1.82, 2.24) is 5.32 Å². The Morgan fingerprint density at radius 1 is 1.35 bits per heavy atom. The highest BCUT2D eigenvalue weighted by molar-refractivity contribution is 9.09. The third-order valence-corrected chi connectivity index (χ3v) is 5.30. The molecule has 0 bridgehead atoms. The van der Waals surface area contributed by atoms with Crippen LogP contribution in [0.15, 0.2) is 0 Å². The van der Waals surface area contributed by atoms with E-state index in [-0.39, 0.29) is 11.5 Å². The van der Waals surface area contributed by atoms with Gasteiger partial charge < -0.3 is 10.1 Å². The lowest BCUT2D eigenvalue weighted by Crippen LogP contribution is -2.48. The molecule has 0 heterocycles. The number of methoxy groups -OCH3 is 1. The standard InChI is InChI=1S/C13H22BrNO2/c1-17-13(7-4-8-13)9-12(16)15-11-6-3-2-5-10(11)14/h10-11H,2-9H2,1H3,(H,15,16). The minimum Gasteiger partial charge on any atom is -0.378 e. The summed E-state index contributed by atoms with van der Waals surface area (Å²) >= 11 is 3.66. The lowest BCUT2D eigenvalue weighted by atomic mass is 9.77. The van der Waals surface area contributed by atoms with Crippen molar-refractivity contribution in [3.05, 3.63) is 0 Å². The van der Waals surface area contributed by atoms with Gasteiger partial charge in [0.2, 0.25) is 5.91 Å². The van der Waals surface area contributed by atoms with Crippen LogP contribution in [0.2, 0.25) is 0 Å². The molecule has 1 amide bonds. The minimum absolute atomic E-state index is 0.152. The Labute approximate surface area is 112 Å². The summed E-state index contributed by atoms with van der Waals surface area (Å²) < 4.78 is 5.49. The maximum Gasteiger partial charge on any atom is 0.223 e. The van der Waals surface area contributed by atoms with Crippen LogP contribution in [0.25, 0.3) is 0 Å². The zero-order chi connectivity index (χ0) is 12.3. The zero-order valence-corrected chi connectivity index (χ0v) is 12.1. The predicted octanol–water partition coefficient (Wildman–Crippen LogP) is 2.77. The molecule has 2 aliphatic carbocycles. The summed E-state index contributed by atoms with van der Waals surface area (Å²) in [6.45, 7) is 0. The number of amides is 1. The fourth-order valence-electron chi connectivity index (χ4n) is 2.82. The van der Waals surface area contributed by atoms with E-state index in [1.165, 1.54) is 25.7 Å². The first-order valence-electron chi connectivity index (χ1n) is 6.64. The number of carbonyl (C=O) groups excluding carboxylic acids is 1. The van der Waals surface area contributed by atoms with E-state index in [1.54, 1.807) is 7.11 Å². The van der Waals surface area contributed by atoms with Gasteiger partial charge in [-0.3, -0.25) is 4.79 Å². The molecule has 2 unspecified atom stereocenters. The number of hydrogen-bond acceptors (Lipinski definition) is 2. The molecule has 2 saturated carbocycles. The van der Waals surface area contributed by atoms with Crippen LogP contribution in [0.3, 0.4) is 0 Å². The highest BCUT2D eigenvalue weighted by atomic mass is 79.9. The Bertz CT molecular complexity index is 273. The largest absolute Gasteiger partial charge is 0.378 e. The molecule has 0 aromatic carbocycles. The number of hydrogen-bond donors (Lipinski definition) is 1. The summed E-state index contributed by atoms with van der Waals surface area (Å²) in [7, 11) is 1.72. The molecule has 17 heavy (non-hydrogen) atoms. The van der Waals surface area contributed by atoms with Crippen molar-refractivity contribution in [3.8, 4) is 0 Å². The number of alkyl halides is 1. The van der Waals surface area contributed by atoms with Crippen molar-refractivity contribution in [1.29, 1.82) is 0 Å². The molecule has 0 saturated heterocycles. The third kappa shape index (κ3) is 3.22.